The smallest absolute Gasteiger partial charge is 0.251 e. The molecule has 1 fully saturated rings. The second-order valence-electron chi connectivity index (χ2n) is 7.31. The number of halogens is 1. The minimum Gasteiger partial charge on any atom is -0.357 e. The highest BCUT2D eigenvalue weighted by molar-refractivity contribution is 14.0. The summed E-state index contributed by atoms with van der Waals surface area (Å²) in [6.45, 7) is 11.8. The number of likely N-dealkylation sites (tertiary alicyclic amines) is 1. The van der Waals surface area contributed by atoms with E-state index in [1.807, 2.05) is 24.3 Å². The van der Waals surface area contributed by atoms with Crippen molar-refractivity contribution in [2.45, 2.75) is 59.0 Å². The van der Waals surface area contributed by atoms with Crippen LogP contribution in [0.1, 0.15) is 62.4 Å². The Labute approximate surface area is 193 Å². The summed E-state index contributed by atoms with van der Waals surface area (Å²) in [4.78, 5) is 19.3. The van der Waals surface area contributed by atoms with Gasteiger partial charge in [-0.2, -0.15) is 0 Å². The van der Waals surface area contributed by atoms with Gasteiger partial charge in [0.25, 0.3) is 5.91 Å². The van der Waals surface area contributed by atoms with E-state index in [-0.39, 0.29) is 29.9 Å². The molecule has 1 aromatic carbocycles. The maximum Gasteiger partial charge on any atom is 0.251 e. The molecule has 6 nitrogen and oxygen atoms in total. The van der Waals surface area contributed by atoms with Crippen molar-refractivity contribution in [2.24, 2.45) is 4.99 Å². The number of nitrogens with zero attached hydrogens (tertiary/aromatic N) is 2. The number of guanidine groups is 1. The van der Waals surface area contributed by atoms with Crippen LogP contribution in [0.15, 0.2) is 29.3 Å². The molecule has 1 aliphatic rings. The highest BCUT2D eigenvalue weighted by atomic mass is 127. The number of aliphatic imine (C=N–C) groups is 1. The molecular weight excluding hydrogens is 477 g/mol. The summed E-state index contributed by atoms with van der Waals surface area (Å²) >= 11 is 0. The van der Waals surface area contributed by atoms with Gasteiger partial charge in [0, 0.05) is 31.2 Å². The summed E-state index contributed by atoms with van der Waals surface area (Å²) in [7, 11) is 0. The van der Waals surface area contributed by atoms with Crippen LogP contribution in [0, 0.1) is 0 Å². The monoisotopic (exact) mass is 515 g/mol. The van der Waals surface area contributed by atoms with Crippen LogP contribution in [0.5, 0.6) is 0 Å². The Balaban J connectivity index is 0.00000420. The van der Waals surface area contributed by atoms with Gasteiger partial charge in [-0.25, -0.2) is 4.99 Å². The Morgan fingerprint density at radius 3 is 2.55 bits per heavy atom. The molecule has 3 N–H and O–H groups in total. The number of carbonyl (C=O) groups excluding carboxylic acids is 1. The van der Waals surface area contributed by atoms with Crippen LogP contribution in [0.3, 0.4) is 0 Å². The van der Waals surface area contributed by atoms with Gasteiger partial charge in [0.2, 0.25) is 0 Å². The molecule has 1 aliphatic heterocycles. The van der Waals surface area contributed by atoms with E-state index in [1.165, 1.54) is 19.4 Å². The Morgan fingerprint density at radius 1 is 1.14 bits per heavy atom. The number of hydrogen-bond donors (Lipinski definition) is 3. The fraction of sp³-hybridized carbons (Fsp3) is 0.636. The number of hydrogen-bond acceptors (Lipinski definition) is 3. The molecule has 164 valence electrons. The van der Waals surface area contributed by atoms with Gasteiger partial charge in [-0.3, -0.25) is 9.69 Å². The SMILES string of the molecule is CCCCNC(=O)c1ccc(CN=C(NCC)NCC2CCCN2CC)cc1.I. The standard InChI is InChI=1S/C22H37N5O.HI/c1-4-7-14-24-21(28)19-12-10-18(11-13-19)16-25-22(23-5-2)26-17-20-9-8-15-27(20)6-3;/h10-13,20H,4-9,14-17H2,1-3H3,(H,24,28)(H2,23,25,26);1H. The lowest BCUT2D eigenvalue weighted by atomic mass is 10.1. The zero-order valence-electron chi connectivity index (χ0n) is 18.2. The summed E-state index contributed by atoms with van der Waals surface area (Å²) in [5, 5.41) is 9.76. The van der Waals surface area contributed by atoms with Gasteiger partial charge in [0.05, 0.1) is 6.54 Å². The molecule has 7 heteroatoms. The molecule has 0 aliphatic carbocycles. The lowest BCUT2D eigenvalue weighted by Gasteiger charge is -2.24. The summed E-state index contributed by atoms with van der Waals surface area (Å²) in [6.07, 6.45) is 4.63. The van der Waals surface area contributed by atoms with E-state index >= 15 is 0 Å². The van der Waals surface area contributed by atoms with E-state index in [2.05, 4.69) is 41.6 Å². The van der Waals surface area contributed by atoms with Crippen molar-refractivity contribution in [1.82, 2.24) is 20.9 Å². The fourth-order valence-electron chi connectivity index (χ4n) is 3.51. The van der Waals surface area contributed by atoms with Crippen LogP contribution in [0.4, 0.5) is 0 Å². The first kappa shape index (κ1) is 25.7. The predicted molar refractivity (Wildman–Crippen MR) is 132 cm³/mol. The summed E-state index contributed by atoms with van der Waals surface area (Å²) in [5.74, 6) is 0.849. The minimum atomic E-state index is -0.00412. The molecule has 1 unspecified atom stereocenters. The van der Waals surface area contributed by atoms with Gasteiger partial charge in [-0.05, 0) is 57.0 Å². The van der Waals surface area contributed by atoms with E-state index in [1.54, 1.807) is 0 Å². The van der Waals surface area contributed by atoms with Crippen molar-refractivity contribution in [1.29, 1.82) is 0 Å². The van der Waals surface area contributed by atoms with Crippen LogP contribution in [-0.4, -0.2) is 55.5 Å². The van der Waals surface area contributed by atoms with E-state index in [0.717, 1.165) is 50.5 Å². The Morgan fingerprint density at radius 2 is 1.90 bits per heavy atom. The lowest BCUT2D eigenvalue weighted by molar-refractivity contribution is 0.0953. The first-order valence-corrected chi connectivity index (χ1v) is 10.8. The quantitative estimate of drug-likeness (QED) is 0.194. The normalized spacial score (nSPS) is 16.9. The summed E-state index contributed by atoms with van der Waals surface area (Å²) in [5.41, 5.74) is 1.80. The molecule has 0 radical (unpaired) electrons. The molecule has 29 heavy (non-hydrogen) atoms. The second-order valence-corrected chi connectivity index (χ2v) is 7.31. The Hall–Kier alpha value is -1.35. The van der Waals surface area contributed by atoms with Crippen molar-refractivity contribution in [3.05, 3.63) is 35.4 Å². The topological polar surface area (TPSA) is 68.8 Å². The average molecular weight is 515 g/mol. The maximum atomic E-state index is 12.1. The first-order chi connectivity index (χ1) is 13.7. The predicted octanol–water partition coefficient (Wildman–Crippen LogP) is 3.37. The first-order valence-electron chi connectivity index (χ1n) is 10.8. The van der Waals surface area contributed by atoms with Crippen molar-refractivity contribution in [2.75, 3.05) is 32.7 Å². The van der Waals surface area contributed by atoms with Crippen LogP contribution >= 0.6 is 24.0 Å². The van der Waals surface area contributed by atoms with Crippen molar-refractivity contribution < 1.29 is 4.79 Å². The highest BCUT2D eigenvalue weighted by Gasteiger charge is 2.22. The van der Waals surface area contributed by atoms with Gasteiger partial charge in [0.15, 0.2) is 5.96 Å². The molecule has 1 saturated heterocycles. The molecule has 0 aromatic heterocycles. The van der Waals surface area contributed by atoms with Crippen molar-refractivity contribution in [3.63, 3.8) is 0 Å². The third-order valence-corrected chi connectivity index (χ3v) is 5.21. The zero-order valence-corrected chi connectivity index (χ0v) is 20.5. The molecule has 2 rings (SSSR count). The van der Waals surface area contributed by atoms with Gasteiger partial charge in [-0.15, -0.1) is 24.0 Å². The van der Waals surface area contributed by atoms with Crippen LogP contribution < -0.4 is 16.0 Å². The molecule has 1 amide bonds. The van der Waals surface area contributed by atoms with E-state index in [9.17, 15) is 4.79 Å². The minimum absolute atomic E-state index is 0. The number of nitrogens with one attached hydrogen (secondary N) is 3. The van der Waals surface area contributed by atoms with Gasteiger partial charge < -0.3 is 16.0 Å². The number of carbonyl (C=O) groups is 1. The number of likely N-dealkylation sites (N-methyl/N-ethyl adjacent to an activating group) is 1. The number of amides is 1. The van der Waals surface area contributed by atoms with Crippen molar-refractivity contribution >= 4 is 35.8 Å². The number of rotatable bonds is 10. The van der Waals surface area contributed by atoms with Crippen molar-refractivity contribution in [3.8, 4) is 0 Å². The third-order valence-electron chi connectivity index (χ3n) is 5.21. The van der Waals surface area contributed by atoms with E-state index in [0.29, 0.717) is 18.2 Å². The number of unbranched alkanes of at least 4 members (excludes halogenated alkanes) is 1. The largest absolute Gasteiger partial charge is 0.357 e. The Kier molecular flexibility index (Phi) is 12.9. The van der Waals surface area contributed by atoms with Crippen LogP contribution in [0.25, 0.3) is 0 Å². The van der Waals surface area contributed by atoms with E-state index < -0.39 is 0 Å². The van der Waals surface area contributed by atoms with Crippen LogP contribution in [-0.2, 0) is 6.54 Å². The molecule has 0 bridgehead atoms. The fourth-order valence-corrected chi connectivity index (χ4v) is 3.51. The van der Waals surface area contributed by atoms with Gasteiger partial charge in [-0.1, -0.05) is 32.4 Å². The van der Waals surface area contributed by atoms with E-state index in [4.69, 9.17) is 4.99 Å². The highest BCUT2D eigenvalue weighted by Crippen LogP contribution is 2.15. The molecule has 1 heterocycles. The number of benzene rings is 1. The summed E-state index contributed by atoms with van der Waals surface area (Å²) in [6, 6.07) is 8.32. The maximum absolute atomic E-state index is 12.1. The Bertz CT molecular complexity index is 620. The van der Waals surface area contributed by atoms with Gasteiger partial charge >= 0.3 is 0 Å². The second kappa shape index (κ2) is 14.6. The summed E-state index contributed by atoms with van der Waals surface area (Å²) < 4.78 is 0. The zero-order chi connectivity index (χ0) is 20.2. The van der Waals surface area contributed by atoms with Crippen LogP contribution in [0.2, 0.25) is 0 Å². The molecule has 0 saturated carbocycles. The van der Waals surface area contributed by atoms with Gasteiger partial charge in [0.1, 0.15) is 0 Å². The molecular formula is C22H38IN5O. The molecule has 0 spiro atoms. The average Bonchev–Trinajstić information content (AvgIpc) is 3.18. The third kappa shape index (κ3) is 8.90. The molecule has 1 aromatic rings. The molecule has 1 atom stereocenters. The lowest BCUT2D eigenvalue weighted by Crippen LogP contribution is -2.44.